The van der Waals surface area contributed by atoms with Crippen molar-refractivity contribution in [2.75, 3.05) is 5.32 Å². The number of rotatable bonds is 6. The lowest BCUT2D eigenvalue weighted by Crippen LogP contribution is -2.22. The fourth-order valence-corrected chi connectivity index (χ4v) is 3.74. The van der Waals surface area contributed by atoms with E-state index in [0.29, 0.717) is 38.5 Å². The molecular formula is C19H20Cl2N4O. The molecule has 7 heteroatoms. The molecule has 0 aliphatic heterocycles. The maximum Gasteiger partial charge on any atom is 0.228 e. The molecular weight excluding hydrogens is 371 g/mol. The van der Waals surface area contributed by atoms with Crippen LogP contribution in [0.2, 0.25) is 10.0 Å². The van der Waals surface area contributed by atoms with Crippen LogP contribution in [0, 0.1) is 6.92 Å². The molecule has 2 heterocycles. The first-order valence-electron chi connectivity index (χ1n) is 8.89. The lowest BCUT2D eigenvalue weighted by atomic mass is 10.1. The molecule has 26 heavy (non-hydrogen) atoms. The van der Waals surface area contributed by atoms with Gasteiger partial charge in [-0.05, 0) is 44.4 Å². The average Bonchev–Trinajstić information content (AvgIpc) is 3.23. The molecule has 0 radical (unpaired) electrons. The highest BCUT2D eigenvalue weighted by atomic mass is 35.5. The van der Waals surface area contributed by atoms with Crippen molar-refractivity contribution >= 4 is 40.1 Å². The van der Waals surface area contributed by atoms with Crippen molar-refractivity contribution in [1.82, 2.24) is 15.1 Å². The summed E-state index contributed by atoms with van der Waals surface area (Å²) < 4.78 is 5.62. The SMILES string of the molecule is CCCCC1(Nc2nc(C)nc3c(-c4ccc(Cl)cc4Cl)noc23)CC1. The van der Waals surface area contributed by atoms with E-state index in [1.165, 1.54) is 12.8 Å². The molecule has 4 rings (SSSR count). The molecule has 5 nitrogen and oxygen atoms in total. The van der Waals surface area contributed by atoms with Crippen molar-refractivity contribution in [3.8, 4) is 11.3 Å². The van der Waals surface area contributed by atoms with Crippen LogP contribution in [0.1, 0.15) is 44.9 Å². The van der Waals surface area contributed by atoms with E-state index in [-0.39, 0.29) is 5.54 Å². The van der Waals surface area contributed by atoms with Gasteiger partial charge in [0.15, 0.2) is 5.82 Å². The van der Waals surface area contributed by atoms with Crippen LogP contribution in [0.3, 0.4) is 0 Å². The number of unbranched alkanes of at least 4 members (excludes halogenated alkanes) is 1. The van der Waals surface area contributed by atoms with E-state index in [9.17, 15) is 0 Å². The summed E-state index contributed by atoms with van der Waals surface area (Å²) in [6.07, 6.45) is 5.83. The average molecular weight is 391 g/mol. The number of hydrogen-bond donors (Lipinski definition) is 1. The number of aromatic nitrogens is 3. The largest absolute Gasteiger partial charge is 0.361 e. The van der Waals surface area contributed by atoms with Gasteiger partial charge < -0.3 is 9.84 Å². The third kappa shape index (κ3) is 3.26. The van der Waals surface area contributed by atoms with Crippen LogP contribution in [0.15, 0.2) is 22.7 Å². The van der Waals surface area contributed by atoms with Gasteiger partial charge in [-0.2, -0.15) is 0 Å². The summed E-state index contributed by atoms with van der Waals surface area (Å²) in [6, 6.07) is 5.30. The highest BCUT2D eigenvalue weighted by Crippen LogP contribution is 2.44. The van der Waals surface area contributed by atoms with Crippen LogP contribution < -0.4 is 5.32 Å². The van der Waals surface area contributed by atoms with E-state index >= 15 is 0 Å². The molecule has 3 aromatic rings. The Hall–Kier alpha value is -1.85. The minimum absolute atomic E-state index is 0.134. The van der Waals surface area contributed by atoms with Crippen LogP contribution >= 0.6 is 23.2 Å². The summed E-state index contributed by atoms with van der Waals surface area (Å²) in [7, 11) is 0. The summed E-state index contributed by atoms with van der Waals surface area (Å²) >= 11 is 12.4. The Morgan fingerprint density at radius 2 is 2.04 bits per heavy atom. The highest BCUT2D eigenvalue weighted by Gasteiger charge is 2.42. The molecule has 1 saturated carbocycles. The Bertz CT molecular complexity index is 966. The summed E-state index contributed by atoms with van der Waals surface area (Å²) in [5.41, 5.74) is 2.71. The van der Waals surface area contributed by atoms with Gasteiger partial charge in [0.05, 0.1) is 5.02 Å². The standard InChI is InChI=1S/C19H20Cl2N4O/c1-3-4-7-19(8-9-19)24-18-17-16(22-11(2)23-18)15(25-26-17)13-6-5-12(20)10-14(13)21/h5-6,10H,3-4,7-9H2,1-2H3,(H,22,23,24). The molecule has 1 aliphatic rings. The fraction of sp³-hybridized carbons (Fsp3) is 0.421. The van der Waals surface area contributed by atoms with Crippen LogP contribution in [0.25, 0.3) is 22.4 Å². The van der Waals surface area contributed by atoms with Gasteiger partial charge in [0.2, 0.25) is 5.58 Å². The first-order chi connectivity index (χ1) is 12.5. The van der Waals surface area contributed by atoms with Crippen molar-refractivity contribution in [3.63, 3.8) is 0 Å². The maximum absolute atomic E-state index is 6.35. The molecule has 2 aromatic heterocycles. The topological polar surface area (TPSA) is 63.8 Å². The van der Waals surface area contributed by atoms with Crippen LogP contribution in [-0.4, -0.2) is 20.7 Å². The number of hydrogen-bond acceptors (Lipinski definition) is 5. The lowest BCUT2D eigenvalue weighted by molar-refractivity contribution is 0.458. The molecule has 1 aromatic carbocycles. The number of halogens is 2. The summed E-state index contributed by atoms with van der Waals surface area (Å²) in [5.74, 6) is 1.38. The number of fused-ring (bicyclic) bond motifs is 1. The fourth-order valence-electron chi connectivity index (χ4n) is 3.24. The van der Waals surface area contributed by atoms with Gasteiger partial charge in [0.25, 0.3) is 0 Å². The molecule has 0 spiro atoms. The number of nitrogens with one attached hydrogen (secondary N) is 1. The third-order valence-electron chi connectivity index (χ3n) is 4.86. The Kier molecular flexibility index (Phi) is 4.53. The Labute approximate surface area is 162 Å². The van der Waals surface area contributed by atoms with Crippen molar-refractivity contribution in [2.24, 2.45) is 0 Å². The quantitative estimate of drug-likeness (QED) is 0.555. The second kappa shape index (κ2) is 6.71. The van der Waals surface area contributed by atoms with Crippen molar-refractivity contribution in [1.29, 1.82) is 0 Å². The van der Waals surface area contributed by atoms with Gasteiger partial charge >= 0.3 is 0 Å². The molecule has 0 unspecified atom stereocenters. The third-order valence-corrected chi connectivity index (χ3v) is 5.41. The van der Waals surface area contributed by atoms with Gasteiger partial charge in [-0.3, -0.25) is 0 Å². The normalized spacial score (nSPS) is 15.4. The number of nitrogens with zero attached hydrogens (tertiary/aromatic N) is 3. The molecule has 1 fully saturated rings. The van der Waals surface area contributed by atoms with E-state index < -0.39 is 0 Å². The number of anilines is 1. The Morgan fingerprint density at radius 1 is 1.23 bits per heavy atom. The monoisotopic (exact) mass is 390 g/mol. The van der Waals surface area contributed by atoms with E-state index in [2.05, 4.69) is 27.4 Å². The van der Waals surface area contributed by atoms with E-state index in [1.807, 2.05) is 13.0 Å². The van der Waals surface area contributed by atoms with Crippen molar-refractivity contribution in [2.45, 2.75) is 51.5 Å². The van der Waals surface area contributed by atoms with E-state index in [1.54, 1.807) is 12.1 Å². The zero-order valence-corrected chi connectivity index (χ0v) is 16.3. The molecule has 1 N–H and O–H groups in total. The van der Waals surface area contributed by atoms with E-state index in [0.717, 1.165) is 24.8 Å². The smallest absolute Gasteiger partial charge is 0.228 e. The van der Waals surface area contributed by atoms with Crippen molar-refractivity contribution < 1.29 is 4.52 Å². The van der Waals surface area contributed by atoms with Gasteiger partial charge in [-0.1, -0.05) is 48.1 Å². The molecule has 1 aliphatic carbocycles. The summed E-state index contributed by atoms with van der Waals surface area (Å²) in [6.45, 7) is 4.08. The van der Waals surface area contributed by atoms with E-state index in [4.69, 9.17) is 27.7 Å². The molecule has 0 atom stereocenters. The molecule has 0 saturated heterocycles. The van der Waals surface area contributed by atoms with Gasteiger partial charge in [0, 0.05) is 16.1 Å². The number of benzene rings is 1. The molecule has 0 amide bonds. The van der Waals surface area contributed by atoms with Gasteiger partial charge in [-0.15, -0.1) is 0 Å². The Morgan fingerprint density at radius 3 is 2.73 bits per heavy atom. The molecule has 136 valence electrons. The first kappa shape index (κ1) is 17.6. The predicted octanol–water partition coefficient (Wildman–Crippen LogP) is 6.03. The van der Waals surface area contributed by atoms with Crippen LogP contribution in [-0.2, 0) is 0 Å². The lowest BCUT2D eigenvalue weighted by Gasteiger charge is -2.17. The zero-order valence-electron chi connectivity index (χ0n) is 14.8. The Balaban J connectivity index is 1.76. The predicted molar refractivity (Wildman–Crippen MR) is 105 cm³/mol. The van der Waals surface area contributed by atoms with Gasteiger partial charge in [-0.25, -0.2) is 9.97 Å². The first-order valence-corrected chi connectivity index (χ1v) is 9.64. The summed E-state index contributed by atoms with van der Waals surface area (Å²) in [5, 5.41) is 8.91. The minimum atomic E-state index is 0.134. The second-order valence-corrected chi connectivity index (χ2v) is 7.81. The van der Waals surface area contributed by atoms with Crippen LogP contribution in [0.4, 0.5) is 5.82 Å². The van der Waals surface area contributed by atoms with Crippen molar-refractivity contribution in [3.05, 3.63) is 34.1 Å². The number of aryl methyl sites for hydroxylation is 1. The minimum Gasteiger partial charge on any atom is -0.361 e. The van der Waals surface area contributed by atoms with Gasteiger partial charge in [0.1, 0.15) is 17.0 Å². The second-order valence-electron chi connectivity index (χ2n) is 6.96. The maximum atomic E-state index is 6.35. The van der Waals surface area contributed by atoms with Crippen LogP contribution in [0.5, 0.6) is 0 Å². The highest BCUT2D eigenvalue weighted by molar-refractivity contribution is 6.36. The zero-order chi connectivity index (χ0) is 18.3. The molecule has 0 bridgehead atoms. The summed E-state index contributed by atoms with van der Waals surface area (Å²) in [4.78, 5) is 9.12.